The molecule has 0 aliphatic rings. The maximum Gasteiger partial charge on any atom is 0.323 e. The van der Waals surface area contributed by atoms with E-state index in [0.717, 1.165) is 5.01 Å². The van der Waals surface area contributed by atoms with E-state index in [2.05, 4.69) is 4.98 Å². The standard InChI is InChI=1S/C13H20N2O4S/c1-8(2)12-14-9(3)11(20-12)13(18)15(5-6-19-4)7-10(16)17/h8H,5-7H2,1-4H3,(H,16,17). The number of nitrogens with zero attached hydrogens (tertiary/aromatic N) is 2. The lowest BCUT2D eigenvalue weighted by molar-refractivity contribution is -0.137. The topological polar surface area (TPSA) is 79.7 Å². The Balaban J connectivity index is 2.95. The number of aromatic nitrogens is 1. The molecular weight excluding hydrogens is 280 g/mol. The number of rotatable bonds is 7. The number of amides is 1. The van der Waals surface area contributed by atoms with Crippen LogP contribution < -0.4 is 0 Å². The van der Waals surface area contributed by atoms with Crippen LogP contribution in [0, 0.1) is 6.92 Å². The van der Waals surface area contributed by atoms with E-state index in [-0.39, 0.29) is 24.9 Å². The average molecular weight is 300 g/mol. The molecule has 0 unspecified atom stereocenters. The van der Waals surface area contributed by atoms with Gasteiger partial charge >= 0.3 is 5.97 Å². The Hall–Kier alpha value is -1.47. The predicted molar refractivity (Wildman–Crippen MR) is 76.4 cm³/mol. The molecule has 1 aromatic heterocycles. The van der Waals surface area contributed by atoms with Crippen LogP contribution in [0.15, 0.2) is 0 Å². The van der Waals surface area contributed by atoms with E-state index in [0.29, 0.717) is 17.2 Å². The van der Waals surface area contributed by atoms with Crippen molar-refractivity contribution in [2.75, 3.05) is 26.8 Å². The Morgan fingerprint density at radius 3 is 2.55 bits per heavy atom. The molecule has 20 heavy (non-hydrogen) atoms. The summed E-state index contributed by atoms with van der Waals surface area (Å²) in [5.41, 5.74) is 0.650. The number of thiazole rings is 1. The summed E-state index contributed by atoms with van der Waals surface area (Å²) in [5, 5.41) is 9.78. The predicted octanol–water partition coefficient (Wildman–Crippen LogP) is 1.75. The van der Waals surface area contributed by atoms with Crippen molar-refractivity contribution in [2.45, 2.75) is 26.7 Å². The Kier molecular flexibility index (Phi) is 6.09. The average Bonchev–Trinajstić information content (AvgIpc) is 2.75. The monoisotopic (exact) mass is 300 g/mol. The van der Waals surface area contributed by atoms with Gasteiger partial charge in [0.05, 0.1) is 17.3 Å². The van der Waals surface area contributed by atoms with E-state index in [1.54, 1.807) is 6.92 Å². The molecule has 0 atom stereocenters. The lowest BCUT2D eigenvalue weighted by atomic mass is 10.2. The van der Waals surface area contributed by atoms with Crippen LogP contribution in [0.5, 0.6) is 0 Å². The molecule has 1 rings (SSSR count). The van der Waals surface area contributed by atoms with Crippen molar-refractivity contribution in [1.29, 1.82) is 0 Å². The second-order valence-corrected chi connectivity index (χ2v) is 5.77. The molecule has 1 heterocycles. The van der Waals surface area contributed by atoms with Gasteiger partial charge in [-0.3, -0.25) is 9.59 Å². The zero-order chi connectivity index (χ0) is 15.3. The zero-order valence-corrected chi connectivity index (χ0v) is 13.0. The first-order chi connectivity index (χ1) is 9.36. The quantitative estimate of drug-likeness (QED) is 0.830. The molecule has 0 radical (unpaired) electrons. The van der Waals surface area contributed by atoms with Gasteiger partial charge in [-0.25, -0.2) is 4.98 Å². The third kappa shape index (κ3) is 4.28. The van der Waals surface area contributed by atoms with Crippen LogP contribution in [0.2, 0.25) is 0 Å². The summed E-state index contributed by atoms with van der Waals surface area (Å²) in [6, 6.07) is 0. The number of aliphatic carboxylic acids is 1. The molecule has 1 N–H and O–H groups in total. The van der Waals surface area contributed by atoms with Gasteiger partial charge in [-0.1, -0.05) is 13.8 Å². The van der Waals surface area contributed by atoms with Crippen molar-refractivity contribution in [3.63, 3.8) is 0 Å². The summed E-state index contributed by atoms with van der Waals surface area (Å²) in [5.74, 6) is -1.10. The van der Waals surface area contributed by atoms with Gasteiger partial charge in [0.2, 0.25) is 0 Å². The molecule has 0 aliphatic carbocycles. The summed E-state index contributed by atoms with van der Waals surface area (Å²) >= 11 is 1.33. The van der Waals surface area contributed by atoms with Gasteiger partial charge in [0, 0.05) is 19.6 Å². The van der Waals surface area contributed by atoms with Gasteiger partial charge in [0.15, 0.2) is 0 Å². The number of hydrogen-bond acceptors (Lipinski definition) is 5. The third-order valence-corrected chi connectivity index (χ3v) is 4.13. The molecule has 1 amide bonds. The van der Waals surface area contributed by atoms with Gasteiger partial charge in [-0.05, 0) is 6.92 Å². The highest BCUT2D eigenvalue weighted by Gasteiger charge is 2.23. The van der Waals surface area contributed by atoms with Crippen molar-refractivity contribution < 1.29 is 19.4 Å². The van der Waals surface area contributed by atoms with E-state index >= 15 is 0 Å². The summed E-state index contributed by atoms with van der Waals surface area (Å²) in [7, 11) is 1.51. The van der Waals surface area contributed by atoms with E-state index in [9.17, 15) is 9.59 Å². The molecule has 0 saturated heterocycles. The normalized spacial score (nSPS) is 10.8. The van der Waals surface area contributed by atoms with Crippen LogP contribution in [0.1, 0.15) is 40.1 Å². The second-order valence-electron chi connectivity index (χ2n) is 4.73. The third-order valence-electron chi connectivity index (χ3n) is 2.68. The molecule has 6 nitrogen and oxygen atoms in total. The number of aryl methyl sites for hydroxylation is 1. The van der Waals surface area contributed by atoms with E-state index in [4.69, 9.17) is 9.84 Å². The number of methoxy groups -OCH3 is 1. The minimum Gasteiger partial charge on any atom is -0.480 e. The maximum atomic E-state index is 12.4. The fourth-order valence-electron chi connectivity index (χ4n) is 1.62. The molecule has 0 bridgehead atoms. The molecule has 0 aromatic carbocycles. The number of ether oxygens (including phenoxy) is 1. The summed E-state index contributed by atoms with van der Waals surface area (Å²) in [6.07, 6.45) is 0. The minimum atomic E-state index is -1.04. The summed E-state index contributed by atoms with van der Waals surface area (Å²) < 4.78 is 4.91. The number of hydrogen-bond donors (Lipinski definition) is 1. The Bertz CT molecular complexity index is 485. The molecule has 1 aromatic rings. The molecule has 0 aliphatic heterocycles. The molecule has 0 fully saturated rings. The molecular formula is C13H20N2O4S. The van der Waals surface area contributed by atoms with Crippen molar-refractivity contribution >= 4 is 23.2 Å². The smallest absolute Gasteiger partial charge is 0.323 e. The lowest BCUT2D eigenvalue weighted by Gasteiger charge is -2.19. The SMILES string of the molecule is COCCN(CC(=O)O)C(=O)c1sc(C(C)C)nc1C. The fraction of sp³-hybridized carbons (Fsp3) is 0.615. The van der Waals surface area contributed by atoms with Crippen LogP contribution in [-0.2, 0) is 9.53 Å². The van der Waals surface area contributed by atoms with E-state index in [1.807, 2.05) is 13.8 Å². The van der Waals surface area contributed by atoms with Crippen LogP contribution in [-0.4, -0.2) is 53.7 Å². The van der Waals surface area contributed by atoms with Crippen molar-refractivity contribution in [2.24, 2.45) is 0 Å². The number of carboxylic acids is 1. The van der Waals surface area contributed by atoms with E-state index < -0.39 is 5.97 Å². The molecule has 0 saturated carbocycles. The molecule has 112 valence electrons. The Morgan fingerprint density at radius 1 is 1.45 bits per heavy atom. The van der Waals surface area contributed by atoms with Gasteiger partial charge in [0.25, 0.3) is 5.91 Å². The largest absolute Gasteiger partial charge is 0.480 e. The van der Waals surface area contributed by atoms with Crippen LogP contribution in [0.4, 0.5) is 0 Å². The van der Waals surface area contributed by atoms with Gasteiger partial charge in [-0.2, -0.15) is 0 Å². The fourth-order valence-corrected chi connectivity index (χ4v) is 2.66. The van der Waals surface area contributed by atoms with Gasteiger partial charge in [0.1, 0.15) is 11.4 Å². The number of carbonyl (C=O) groups excluding carboxylic acids is 1. The van der Waals surface area contributed by atoms with Crippen molar-refractivity contribution in [3.8, 4) is 0 Å². The molecule has 0 spiro atoms. The second kappa shape index (κ2) is 7.35. The van der Waals surface area contributed by atoms with Crippen LogP contribution >= 0.6 is 11.3 Å². The minimum absolute atomic E-state index is 0.243. The molecule has 7 heteroatoms. The Labute approximate surface area is 122 Å². The first-order valence-corrected chi connectivity index (χ1v) is 7.15. The van der Waals surface area contributed by atoms with Gasteiger partial charge in [-0.15, -0.1) is 11.3 Å². The highest BCUT2D eigenvalue weighted by Crippen LogP contribution is 2.25. The van der Waals surface area contributed by atoms with Crippen molar-refractivity contribution in [1.82, 2.24) is 9.88 Å². The first kappa shape index (κ1) is 16.6. The first-order valence-electron chi connectivity index (χ1n) is 6.34. The number of carbonyl (C=O) groups is 2. The summed E-state index contributed by atoms with van der Waals surface area (Å²) in [4.78, 5) is 29.4. The number of carboxylic acid groups (broad SMARTS) is 1. The highest BCUT2D eigenvalue weighted by atomic mass is 32.1. The van der Waals surface area contributed by atoms with Crippen LogP contribution in [0.3, 0.4) is 0 Å². The van der Waals surface area contributed by atoms with Gasteiger partial charge < -0.3 is 14.7 Å². The van der Waals surface area contributed by atoms with Crippen molar-refractivity contribution in [3.05, 3.63) is 15.6 Å². The zero-order valence-electron chi connectivity index (χ0n) is 12.2. The van der Waals surface area contributed by atoms with Crippen LogP contribution in [0.25, 0.3) is 0 Å². The Morgan fingerprint density at radius 2 is 2.10 bits per heavy atom. The van der Waals surface area contributed by atoms with E-state index in [1.165, 1.54) is 23.3 Å². The highest BCUT2D eigenvalue weighted by molar-refractivity contribution is 7.13. The summed E-state index contributed by atoms with van der Waals surface area (Å²) in [6.45, 7) is 5.99. The lowest BCUT2D eigenvalue weighted by Crippen LogP contribution is -2.37. The maximum absolute atomic E-state index is 12.4.